The van der Waals surface area contributed by atoms with Crippen molar-refractivity contribution in [3.63, 3.8) is 0 Å². The van der Waals surface area contributed by atoms with Gasteiger partial charge in [0.25, 0.3) is 0 Å². The minimum Gasteiger partial charge on any atom is -0.368 e. The first-order valence-electron chi connectivity index (χ1n) is 9.73. The number of fused-ring (bicyclic) bond motifs is 3. The number of nitrogens with two attached hydrogens (primary N) is 1. The van der Waals surface area contributed by atoms with E-state index in [-0.39, 0.29) is 11.5 Å². The maximum atomic E-state index is 13.7. The molecular formula is C22H22F3N5. The molecule has 0 aliphatic rings. The van der Waals surface area contributed by atoms with Crippen molar-refractivity contribution >= 4 is 33.6 Å². The molecule has 2 N–H and O–H groups in total. The third kappa shape index (κ3) is 3.12. The second kappa shape index (κ2) is 7.19. The second-order valence-corrected chi connectivity index (χ2v) is 7.13. The molecule has 0 unspecified atom stereocenters. The molecule has 0 bridgehead atoms. The van der Waals surface area contributed by atoms with Crippen LogP contribution in [0.2, 0.25) is 0 Å². The SMILES string of the molecule is CCN(CC)c1nc(N)nc2cc(-c3ccccc3C(F)(F)F)c3c(ccn3C)c12. The Bertz CT molecular complexity index is 1240. The molecule has 2 aromatic heterocycles. The number of hydrogen-bond acceptors (Lipinski definition) is 4. The van der Waals surface area contributed by atoms with Crippen molar-refractivity contribution in [3.8, 4) is 11.1 Å². The molecule has 0 aliphatic carbocycles. The highest BCUT2D eigenvalue weighted by Gasteiger charge is 2.34. The number of nitrogens with zero attached hydrogens (tertiary/aromatic N) is 4. The van der Waals surface area contributed by atoms with Crippen LogP contribution in [0.3, 0.4) is 0 Å². The van der Waals surface area contributed by atoms with E-state index in [1.165, 1.54) is 12.1 Å². The first kappa shape index (κ1) is 20.0. The van der Waals surface area contributed by atoms with Crippen LogP contribution in [-0.2, 0) is 13.2 Å². The molecular weight excluding hydrogens is 391 g/mol. The minimum atomic E-state index is -4.47. The summed E-state index contributed by atoms with van der Waals surface area (Å²) in [5.74, 6) is 0.782. The molecule has 0 amide bonds. The molecule has 5 nitrogen and oxygen atoms in total. The molecule has 0 aliphatic heterocycles. The average Bonchev–Trinajstić information content (AvgIpc) is 3.09. The van der Waals surface area contributed by atoms with Gasteiger partial charge in [-0.2, -0.15) is 18.2 Å². The fourth-order valence-electron chi connectivity index (χ4n) is 4.04. The maximum Gasteiger partial charge on any atom is 0.417 e. The van der Waals surface area contributed by atoms with Crippen LogP contribution in [0.15, 0.2) is 42.6 Å². The van der Waals surface area contributed by atoms with Crippen LogP contribution in [0.4, 0.5) is 24.9 Å². The summed E-state index contributed by atoms with van der Waals surface area (Å²) in [5, 5.41) is 1.58. The normalized spacial score (nSPS) is 12.1. The summed E-state index contributed by atoms with van der Waals surface area (Å²) in [6, 6.07) is 9.18. The second-order valence-electron chi connectivity index (χ2n) is 7.13. The van der Waals surface area contributed by atoms with E-state index in [2.05, 4.69) is 14.9 Å². The number of aryl methyl sites for hydroxylation is 1. The summed E-state index contributed by atoms with van der Waals surface area (Å²) in [6.07, 6.45) is -2.63. The number of benzene rings is 2. The highest BCUT2D eigenvalue weighted by atomic mass is 19.4. The predicted molar refractivity (Wildman–Crippen MR) is 114 cm³/mol. The van der Waals surface area contributed by atoms with Gasteiger partial charge in [0.05, 0.1) is 22.0 Å². The van der Waals surface area contributed by atoms with Crippen LogP contribution in [0, 0.1) is 0 Å². The molecule has 8 heteroatoms. The molecule has 4 aromatic rings. The topological polar surface area (TPSA) is 60.0 Å². The molecule has 0 atom stereocenters. The van der Waals surface area contributed by atoms with E-state index in [1.54, 1.807) is 12.1 Å². The Labute approximate surface area is 171 Å². The Hall–Kier alpha value is -3.29. The van der Waals surface area contributed by atoms with E-state index in [0.717, 1.165) is 29.9 Å². The van der Waals surface area contributed by atoms with Gasteiger partial charge in [0, 0.05) is 37.3 Å². The van der Waals surface area contributed by atoms with Crippen molar-refractivity contribution in [2.75, 3.05) is 23.7 Å². The van der Waals surface area contributed by atoms with Crippen LogP contribution in [-0.4, -0.2) is 27.6 Å². The van der Waals surface area contributed by atoms with Gasteiger partial charge in [0.1, 0.15) is 5.82 Å². The highest BCUT2D eigenvalue weighted by Crippen LogP contribution is 2.43. The molecule has 2 heterocycles. The van der Waals surface area contributed by atoms with Crippen LogP contribution in [0.1, 0.15) is 19.4 Å². The first-order chi connectivity index (χ1) is 14.3. The van der Waals surface area contributed by atoms with Crippen molar-refractivity contribution in [1.82, 2.24) is 14.5 Å². The monoisotopic (exact) mass is 413 g/mol. The van der Waals surface area contributed by atoms with Gasteiger partial charge in [-0.25, -0.2) is 4.98 Å². The Morgan fingerprint density at radius 3 is 2.40 bits per heavy atom. The number of anilines is 2. The fraction of sp³-hybridized carbons (Fsp3) is 0.273. The molecule has 0 fully saturated rings. The van der Waals surface area contributed by atoms with E-state index in [0.29, 0.717) is 22.4 Å². The molecule has 156 valence electrons. The van der Waals surface area contributed by atoms with E-state index < -0.39 is 11.7 Å². The molecule has 0 spiro atoms. The van der Waals surface area contributed by atoms with E-state index in [9.17, 15) is 13.2 Å². The van der Waals surface area contributed by atoms with Crippen LogP contribution in [0.5, 0.6) is 0 Å². The summed E-state index contributed by atoms with van der Waals surface area (Å²) in [5.41, 5.74) is 7.08. The average molecular weight is 413 g/mol. The number of halogens is 3. The lowest BCUT2D eigenvalue weighted by Gasteiger charge is -2.23. The third-order valence-corrected chi connectivity index (χ3v) is 5.40. The van der Waals surface area contributed by atoms with Crippen molar-refractivity contribution in [1.29, 1.82) is 0 Å². The number of rotatable bonds is 4. The van der Waals surface area contributed by atoms with Crippen molar-refractivity contribution < 1.29 is 13.2 Å². The first-order valence-corrected chi connectivity index (χ1v) is 9.73. The molecule has 0 saturated carbocycles. The zero-order chi connectivity index (χ0) is 21.6. The van der Waals surface area contributed by atoms with Gasteiger partial charge in [-0.05, 0) is 37.6 Å². The van der Waals surface area contributed by atoms with Gasteiger partial charge >= 0.3 is 6.18 Å². The summed E-state index contributed by atoms with van der Waals surface area (Å²) in [4.78, 5) is 10.9. The Morgan fingerprint density at radius 2 is 1.73 bits per heavy atom. The Kier molecular flexibility index (Phi) is 4.80. The van der Waals surface area contributed by atoms with Gasteiger partial charge in [-0.15, -0.1) is 0 Å². The van der Waals surface area contributed by atoms with Gasteiger partial charge in [-0.1, -0.05) is 18.2 Å². The summed E-state index contributed by atoms with van der Waals surface area (Å²) in [6.45, 7) is 5.47. The number of alkyl halides is 3. The van der Waals surface area contributed by atoms with Gasteiger partial charge in [-0.3, -0.25) is 0 Å². The Morgan fingerprint density at radius 1 is 1.03 bits per heavy atom. The molecule has 2 aromatic carbocycles. The van der Waals surface area contributed by atoms with Crippen LogP contribution in [0.25, 0.3) is 32.9 Å². The van der Waals surface area contributed by atoms with Crippen molar-refractivity contribution in [3.05, 3.63) is 48.2 Å². The highest BCUT2D eigenvalue weighted by molar-refractivity contribution is 6.16. The molecule has 4 rings (SSSR count). The van der Waals surface area contributed by atoms with Crippen molar-refractivity contribution in [2.24, 2.45) is 7.05 Å². The molecule has 30 heavy (non-hydrogen) atoms. The van der Waals surface area contributed by atoms with Crippen molar-refractivity contribution in [2.45, 2.75) is 20.0 Å². The predicted octanol–water partition coefficient (Wildman–Crippen LogP) is 5.24. The van der Waals surface area contributed by atoms with Gasteiger partial charge in [0.15, 0.2) is 0 Å². The fourth-order valence-corrected chi connectivity index (χ4v) is 4.04. The van der Waals surface area contributed by atoms with Gasteiger partial charge < -0.3 is 15.2 Å². The lowest BCUT2D eigenvalue weighted by Crippen LogP contribution is -2.24. The quantitative estimate of drug-likeness (QED) is 0.497. The number of aromatic nitrogens is 3. The van der Waals surface area contributed by atoms with Gasteiger partial charge in [0.2, 0.25) is 5.95 Å². The maximum absolute atomic E-state index is 13.7. The minimum absolute atomic E-state index is 0.0923. The number of nitrogen functional groups attached to an aromatic ring is 1. The summed E-state index contributed by atoms with van der Waals surface area (Å²) < 4.78 is 43.1. The Balaban J connectivity index is 2.16. The zero-order valence-electron chi connectivity index (χ0n) is 17.0. The lowest BCUT2D eigenvalue weighted by atomic mass is 9.95. The third-order valence-electron chi connectivity index (χ3n) is 5.40. The lowest BCUT2D eigenvalue weighted by molar-refractivity contribution is -0.137. The molecule has 0 saturated heterocycles. The van der Waals surface area contributed by atoms with Crippen LogP contribution < -0.4 is 10.6 Å². The van der Waals surface area contributed by atoms with Crippen LogP contribution >= 0.6 is 0 Å². The number of hydrogen-bond donors (Lipinski definition) is 1. The largest absolute Gasteiger partial charge is 0.417 e. The summed E-state index contributed by atoms with van der Waals surface area (Å²) >= 11 is 0. The zero-order valence-corrected chi connectivity index (χ0v) is 17.0. The smallest absolute Gasteiger partial charge is 0.368 e. The van der Waals surface area contributed by atoms with E-state index in [1.807, 2.05) is 37.7 Å². The van der Waals surface area contributed by atoms with E-state index >= 15 is 0 Å². The summed E-state index contributed by atoms with van der Waals surface area (Å²) in [7, 11) is 1.82. The molecule has 0 radical (unpaired) electrons. The van der Waals surface area contributed by atoms with E-state index in [4.69, 9.17) is 5.73 Å². The standard InChI is InChI=1S/C22H22F3N5/c1-4-30(5-2)20-18-14-10-11-29(3)19(14)15(12-17(18)27-21(26)28-20)13-8-6-7-9-16(13)22(23,24)25/h6-12H,4-5H2,1-3H3,(H2,26,27,28).